The Bertz CT molecular complexity index is 966. The first-order chi connectivity index (χ1) is 16.4. The molecule has 3 heterocycles. The summed E-state index contributed by atoms with van der Waals surface area (Å²) in [7, 11) is 0. The van der Waals surface area contributed by atoms with E-state index in [0.717, 1.165) is 43.9 Å². The fourth-order valence-corrected chi connectivity index (χ4v) is 5.30. The van der Waals surface area contributed by atoms with Gasteiger partial charge in [-0.25, -0.2) is 4.79 Å². The number of amidine groups is 1. The standard InChI is InChI=1S/C24H30N4O5S/c1-16-8-12-27(13-9-16)21(30)15-33-23(32)17-4-6-18(7-5-17)25-20(29)14-19-22(31)26-24(34-19)28-10-2-3-11-28/h4-7,16,19H,2-3,8-15H2,1H3,(H,25,29)/t19-/m1/s1. The molecule has 2 saturated heterocycles. The maximum Gasteiger partial charge on any atom is 0.338 e. The molecule has 182 valence electrons. The van der Waals surface area contributed by atoms with Gasteiger partial charge in [0.25, 0.3) is 11.8 Å². The number of piperidine rings is 1. The summed E-state index contributed by atoms with van der Waals surface area (Å²) < 4.78 is 5.17. The molecule has 10 heteroatoms. The second-order valence-corrected chi connectivity index (χ2v) is 10.2. The summed E-state index contributed by atoms with van der Waals surface area (Å²) in [5.41, 5.74) is 0.805. The zero-order valence-corrected chi connectivity index (χ0v) is 20.1. The summed E-state index contributed by atoms with van der Waals surface area (Å²) in [6.07, 6.45) is 4.15. The van der Waals surface area contributed by atoms with Crippen molar-refractivity contribution in [2.75, 3.05) is 38.1 Å². The molecule has 1 aromatic rings. The molecule has 0 aliphatic carbocycles. The van der Waals surface area contributed by atoms with Crippen LogP contribution < -0.4 is 5.32 Å². The van der Waals surface area contributed by atoms with Gasteiger partial charge >= 0.3 is 5.97 Å². The number of rotatable bonds is 6. The Kier molecular flexibility index (Phi) is 7.87. The number of aliphatic imine (C=N–C) groups is 1. The molecule has 3 aliphatic rings. The van der Waals surface area contributed by atoms with E-state index in [0.29, 0.717) is 30.3 Å². The number of amides is 3. The number of hydrogen-bond donors (Lipinski definition) is 1. The van der Waals surface area contributed by atoms with Crippen molar-refractivity contribution in [2.45, 2.75) is 44.3 Å². The monoisotopic (exact) mass is 486 g/mol. The number of thioether (sulfide) groups is 1. The van der Waals surface area contributed by atoms with E-state index >= 15 is 0 Å². The van der Waals surface area contributed by atoms with Gasteiger partial charge in [-0.15, -0.1) is 0 Å². The number of carbonyl (C=O) groups excluding carboxylic acids is 4. The molecule has 0 unspecified atom stereocenters. The van der Waals surface area contributed by atoms with E-state index in [2.05, 4.69) is 22.1 Å². The minimum atomic E-state index is -0.587. The summed E-state index contributed by atoms with van der Waals surface area (Å²) in [4.78, 5) is 57.1. The van der Waals surface area contributed by atoms with Crippen LogP contribution in [0.4, 0.5) is 5.69 Å². The smallest absolute Gasteiger partial charge is 0.338 e. The summed E-state index contributed by atoms with van der Waals surface area (Å²) >= 11 is 1.35. The topological polar surface area (TPSA) is 108 Å². The van der Waals surface area contributed by atoms with Crippen LogP contribution in [0.3, 0.4) is 0 Å². The Morgan fingerprint density at radius 3 is 2.44 bits per heavy atom. The number of nitrogens with zero attached hydrogens (tertiary/aromatic N) is 3. The minimum Gasteiger partial charge on any atom is -0.452 e. The third kappa shape index (κ3) is 6.16. The molecule has 9 nitrogen and oxygen atoms in total. The molecule has 4 rings (SSSR count). The van der Waals surface area contributed by atoms with Crippen molar-refractivity contribution in [1.82, 2.24) is 9.80 Å². The van der Waals surface area contributed by atoms with E-state index in [1.54, 1.807) is 17.0 Å². The van der Waals surface area contributed by atoms with Crippen molar-refractivity contribution in [3.8, 4) is 0 Å². The van der Waals surface area contributed by atoms with E-state index in [1.807, 2.05) is 0 Å². The number of esters is 1. The molecule has 3 aliphatic heterocycles. The first kappa shape index (κ1) is 24.3. The molecule has 0 radical (unpaired) electrons. The van der Waals surface area contributed by atoms with E-state index in [1.165, 1.54) is 23.9 Å². The largest absolute Gasteiger partial charge is 0.452 e. The highest BCUT2D eigenvalue weighted by Crippen LogP contribution is 2.29. The van der Waals surface area contributed by atoms with Crippen LogP contribution in [0.1, 0.15) is 49.4 Å². The summed E-state index contributed by atoms with van der Waals surface area (Å²) in [6, 6.07) is 6.26. The average molecular weight is 487 g/mol. The van der Waals surface area contributed by atoms with Gasteiger partial charge in [-0.05, 0) is 55.9 Å². The van der Waals surface area contributed by atoms with Crippen molar-refractivity contribution in [2.24, 2.45) is 10.9 Å². The van der Waals surface area contributed by atoms with E-state index in [9.17, 15) is 19.2 Å². The van der Waals surface area contributed by atoms with Crippen molar-refractivity contribution in [3.05, 3.63) is 29.8 Å². The lowest BCUT2D eigenvalue weighted by Crippen LogP contribution is -2.40. The van der Waals surface area contributed by atoms with Crippen LogP contribution in [0, 0.1) is 5.92 Å². The van der Waals surface area contributed by atoms with Crippen molar-refractivity contribution >= 4 is 46.3 Å². The Balaban J connectivity index is 1.21. The van der Waals surface area contributed by atoms with Crippen LogP contribution in [0.15, 0.2) is 29.3 Å². The van der Waals surface area contributed by atoms with Gasteiger partial charge in [0.1, 0.15) is 5.25 Å². The van der Waals surface area contributed by atoms with Crippen LogP contribution in [-0.4, -0.2) is 76.7 Å². The predicted molar refractivity (Wildman–Crippen MR) is 130 cm³/mol. The van der Waals surface area contributed by atoms with Gasteiger partial charge in [0.2, 0.25) is 5.91 Å². The molecule has 34 heavy (non-hydrogen) atoms. The highest BCUT2D eigenvalue weighted by atomic mass is 32.2. The second-order valence-electron chi connectivity index (χ2n) is 9.00. The highest BCUT2D eigenvalue weighted by Gasteiger charge is 2.33. The molecular weight excluding hydrogens is 456 g/mol. The quantitative estimate of drug-likeness (QED) is 0.616. The number of benzene rings is 1. The van der Waals surface area contributed by atoms with Gasteiger partial charge in [0.15, 0.2) is 11.8 Å². The number of hydrogen-bond acceptors (Lipinski definition) is 7. The number of ether oxygens (including phenoxy) is 1. The lowest BCUT2D eigenvalue weighted by molar-refractivity contribution is -0.135. The Labute approximate surface area is 203 Å². The lowest BCUT2D eigenvalue weighted by Gasteiger charge is -2.30. The number of carbonyl (C=O) groups is 4. The zero-order chi connectivity index (χ0) is 24.1. The first-order valence-corrected chi connectivity index (χ1v) is 12.7. The maximum atomic E-state index is 12.4. The first-order valence-electron chi connectivity index (χ1n) is 11.8. The fraction of sp³-hybridized carbons (Fsp3) is 0.542. The van der Waals surface area contributed by atoms with Gasteiger partial charge in [0.05, 0.1) is 5.56 Å². The molecule has 0 aromatic heterocycles. The molecular formula is C24H30N4O5S. The van der Waals surface area contributed by atoms with E-state index < -0.39 is 11.2 Å². The van der Waals surface area contributed by atoms with Crippen LogP contribution in [0.2, 0.25) is 0 Å². The van der Waals surface area contributed by atoms with Crippen LogP contribution in [0.25, 0.3) is 0 Å². The lowest BCUT2D eigenvalue weighted by atomic mass is 9.99. The maximum absolute atomic E-state index is 12.4. The highest BCUT2D eigenvalue weighted by molar-refractivity contribution is 8.15. The van der Waals surface area contributed by atoms with Gasteiger partial charge in [-0.3, -0.25) is 14.4 Å². The number of anilines is 1. The summed E-state index contributed by atoms with van der Waals surface area (Å²) in [5.74, 6) is -0.713. The van der Waals surface area contributed by atoms with Crippen LogP contribution >= 0.6 is 11.8 Å². The summed E-state index contributed by atoms with van der Waals surface area (Å²) in [6.45, 7) is 5.09. The fourth-order valence-electron chi connectivity index (χ4n) is 4.18. The minimum absolute atomic E-state index is 0.0333. The molecule has 2 fully saturated rings. The van der Waals surface area contributed by atoms with Crippen LogP contribution in [-0.2, 0) is 19.1 Å². The molecule has 0 spiro atoms. The Morgan fingerprint density at radius 1 is 1.09 bits per heavy atom. The van der Waals surface area contributed by atoms with E-state index in [4.69, 9.17) is 4.74 Å². The molecule has 1 atom stereocenters. The van der Waals surface area contributed by atoms with Crippen molar-refractivity contribution < 1.29 is 23.9 Å². The summed E-state index contributed by atoms with van der Waals surface area (Å²) in [5, 5.41) is 2.96. The molecule has 1 aromatic carbocycles. The molecule has 1 N–H and O–H groups in total. The van der Waals surface area contributed by atoms with Gasteiger partial charge in [-0.1, -0.05) is 18.7 Å². The third-order valence-corrected chi connectivity index (χ3v) is 7.56. The molecule has 0 bridgehead atoms. The number of likely N-dealkylation sites (tertiary alicyclic amines) is 2. The van der Waals surface area contributed by atoms with Gasteiger partial charge < -0.3 is 19.9 Å². The van der Waals surface area contributed by atoms with Gasteiger partial charge in [0, 0.05) is 38.3 Å². The zero-order valence-electron chi connectivity index (χ0n) is 19.3. The predicted octanol–water partition coefficient (Wildman–Crippen LogP) is 2.52. The van der Waals surface area contributed by atoms with Gasteiger partial charge in [-0.2, -0.15) is 4.99 Å². The second kappa shape index (κ2) is 11.0. The third-order valence-electron chi connectivity index (χ3n) is 6.34. The Morgan fingerprint density at radius 2 is 1.76 bits per heavy atom. The molecule has 3 amide bonds. The number of nitrogens with one attached hydrogen (secondary N) is 1. The van der Waals surface area contributed by atoms with Crippen LogP contribution in [0.5, 0.6) is 0 Å². The SMILES string of the molecule is CC1CCN(C(=O)COC(=O)c2ccc(NC(=O)C[C@H]3SC(N4CCCC4)=NC3=O)cc2)CC1. The van der Waals surface area contributed by atoms with E-state index in [-0.39, 0.29) is 30.7 Å². The Hall–Kier alpha value is -2.88. The normalized spacial score (nSPS) is 20.9. The average Bonchev–Trinajstić information content (AvgIpc) is 3.48. The van der Waals surface area contributed by atoms with Crippen molar-refractivity contribution in [1.29, 1.82) is 0 Å². The molecule has 0 saturated carbocycles. The van der Waals surface area contributed by atoms with Crippen molar-refractivity contribution in [3.63, 3.8) is 0 Å².